The van der Waals surface area contributed by atoms with Gasteiger partial charge >= 0.3 is 11.9 Å². The molecule has 0 aromatic rings. The zero-order chi connectivity index (χ0) is 27.1. The maximum absolute atomic E-state index is 12.9. The molecule has 0 spiro atoms. The highest BCUT2D eigenvalue weighted by atomic mass is 16.4. The molecule has 17 heteroatoms. The number of aliphatic hydroxyl groups is 1. The Morgan fingerprint density at radius 1 is 0.800 bits per heavy atom. The third-order valence-electron chi connectivity index (χ3n) is 4.42. The van der Waals surface area contributed by atoms with E-state index in [2.05, 4.69) is 15.6 Å². The lowest BCUT2D eigenvalue weighted by molar-refractivity contribution is -0.143. The van der Waals surface area contributed by atoms with Crippen LogP contribution in [-0.2, 0) is 28.8 Å². The van der Waals surface area contributed by atoms with Crippen molar-refractivity contribution >= 4 is 41.5 Å². The Balaban J connectivity index is 5.60. The lowest BCUT2D eigenvalue weighted by Crippen LogP contribution is -2.57. The van der Waals surface area contributed by atoms with Gasteiger partial charge in [-0.3, -0.25) is 29.0 Å². The van der Waals surface area contributed by atoms with E-state index in [1.54, 1.807) is 0 Å². The van der Waals surface area contributed by atoms with Gasteiger partial charge in [0.15, 0.2) is 5.96 Å². The fraction of sp³-hybridized carbons (Fsp3) is 0.611. The molecule has 0 saturated heterocycles. The Morgan fingerprint density at radius 3 is 1.77 bits per heavy atom. The monoisotopic (exact) mass is 504 g/mol. The number of nitrogens with one attached hydrogen (secondary N) is 3. The molecule has 0 fully saturated rings. The number of hydrogen-bond donors (Lipinski definition) is 10. The highest BCUT2D eigenvalue weighted by molar-refractivity contribution is 5.95. The number of amides is 4. The summed E-state index contributed by atoms with van der Waals surface area (Å²) in [5, 5.41) is 33.5. The Bertz CT molecular complexity index is 816. The topological polar surface area (TPSA) is 316 Å². The second-order valence-corrected chi connectivity index (χ2v) is 7.36. The number of nitrogens with zero attached hydrogens (tertiary/aromatic N) is 1. The van der Waals surface area contributed by atoms with Crippen LogP contribution >= 0.6 is 0 Å². The molecule has 0 radical (unpaired) electrons. The molecular formula is C18H32N8O9. The number of rotatable bonds is 17. The molecule has 4 unspecified atom stereocenters. The lowest BCUT2D eigenvalue weighted by Gasteiger charge is -2.24. The van der Waals surface area contributed by atoms with Crippen LogP contribution in [0.4, 0.5) is 0 Å². The van der Waals surface area contributed by atoms with Gasteiger partial charge in [-0.1, -0.05) is 0 Å². The zero-order valence-electron chi connectivity index (χ0n) is 18.8. The standard InChI is InChI=1S/C18H32N8O9/c19-8(6-13(29)30)14(31)24-9(2-1-5-23-18(21)22)15(32)25-10(3-4-12(20)28)16(33)26-11(7-27)17(34)35/h8-11,27H,1-7,19H2,(H2,20,28)(H,24,31)(H,25,32)(H,26,33)(H,29,30)(H,34,35)(H4,21,22,23). The first-order valence-electron chi connectivity index (χ1n) is 10.3. The normalized spacial score (nSPS) is 13.9. The number of guanidine groups is 1. The van der Waals surface area contributed by atoms with Crippen LogP contribution in [0.25, 0.3) is 0 Å². The van der Waals surface area contributed by atoms with Crippen molar-refractivity contribution in [2.24, 2.45) is 27.9 Å². The molecular weight excluding hydrogens is 472 g/mol. The van der Waals surface area contributed by atoms with Crippen LogP contribution in [0, 0.1) is 0 Å². The molecule has 4 amide bonds. The molecule has 17 nitrogen and oxygen atoms in total. The second-order valence-electron chi connectivity index (χ2n) is 7.36. The van der Waals surface area contributed by atoms with E-state index in [0.29, 0.717) is 0 Å². The minimum atomic E-state index is -1.68. The summed E-state index contributed by atoms with van der Waals surface area (Å²) in [4.78, 5) is 74.4. The number of primary amides is 1. The smallest absolute Gasteiger partial charge is 0.328 e. The molecule has 0 bridgehead atoms. The van der Waals surface area contributed by atoms with Gasteiger partial charge in [-0.05, 0) is 19.3 Å². The summed E-state index contributed by atoms with van der Waals surface area (Å²) < 4.78 is 0. The lowest BCUT2D eigenvalue weighted by atomic mass is 10.1. The summed E-state index contributed by atoms with van der Waals surface area (Å²) in [6.45, 7) is -0.867. The fourth-order valence-corrected chi connectivity index (χ4v) is 2.62. The Hall–Kier alpha value is -3.99. The molecule has 0 aliphatic carbocycles. The van der Waals surface area contributed by atoms with E-state index in [1.165, 1.54) is 0 Å². The highest BCUT2D eigenvalue weighted by Crippen LogP contribution is 2.05. The van der Waals surface area contributed by atoms with Crippen LogP contribution < -0.4 is 38.9 Å². The molecule has 0 rings (SSSR count). The number of carboxylic acid groups (broad SMARTS) is 2. The maximum atomic E-state index is 12.9. The first-order valence-corrected chi connectivity index (χ1v) is 10.3. The Morgan fingerprint density at radius 2 is 1.31 bits per heavy atom. The van der Waals surface area contributed by atoms with E-state index in [0.717, 1.165) is 0 Å². The van der Waals surface area contributed by atoms with Gasteiger partial charge < -0.3 is 54.2 Å². The van der Waals surface area contributed by atoms with Crippen LogP contribution in [0.5, 0.6) is 0 Å². The summed E-state index contributed by atoms with van der Waals surface area (Å²) in [6.07, 6.45) is -1.28. The van der Waals surface area contributed by atoms with Crippen molar-refractivity contribution in [2.75, 3.05) is 13.2 Å². The van der Waals surface area contributed by atoms with Crippen LogP contribution in [0.2, 0.25) is 0 Å². The van der Waals surface area contributed by atoms with Crippen molar-refractivity contribution in [3.05, 3.63) is 0 Å². The van der Waals surface area contributed by atoms with Crippen molar-refractivity contribution in [3.8, 4) is 0 Å². The van der Waals surface area contributed by atoms with E-state index in [9.17, 15) is 28.8 Å². The molecule has 198 valence electrons. The number of carbonyl (C=O) groups is 6. The van der Waals surface area contributed by atoms with Gasteiger partial charge in [0.05, 0.1) is 19.1 Å². The van der Waals surface area contributed by atoms with E-state index in [4.69, 9.17) is 38.3 Å². The van der Waals surface area contributed by atoms with Gasteiger partial charge in [0.2, 0.25) is 23.6 Å². The Labute approximate surface area is 199 Å². The number of aliphatic hydroxyl groups excluding tert-OH is 1. The number of nitrogens with two attached hydrogens (primary N) is 4. The fourth-order valence-electron chi connectivity index (χ4n) is 2.62. The third-order valence-corrected chi connectivity index (χ3v) is 4.42. The zero-order valence-corrected chi connectivity index (χ0v) is 18.8. The van der Waals surface area contributed by atoms with Crippen LogP contribution in [0.1, 0.15) is 32.1 Å². The minimum Gasteiger partial charge on any atom is -0.481 e. The summed E-state index contributed by atoms with van der Waals surface area (Å²) in [5.74, 6) is -6.83. The number of hydrogen-bond acceptors (Lipinski definition) is 9. The maximum Gasteiger partial charge on any atom is 0.328 e. The van der Waals surface area contributed by atoms with Crippen LogP contribution in [0.3, 0.4) is 0 Å². The van der Waals surface area contributed by atoms with Crippen molar-refractivity contribution in [3.63, 3.8) is 0 Å². The number of carbonyl (C=O) groups excluding carboxylic acids is 4. The predicted octanol–water partition coefficient (Wildman–Crippen LogP) is -5.36. The summed E-state index contributed by atoms with van der Waals surface area (Å²) in [7, 11) is 0. The molecule has 14 N–H and O–H groups in total. The summed E-state index contributed by atoms with van der Waals surface area (Å²) in [6, 6.07) is -5.95. The molecule has 0 saturated carbocycles. The molecule has 0 aliphatic rings. The molecule has 4 atom stereocenters. The van der Waals surface area contributed by atoms with E-state index in [-0.39, 0.29) is 38.2 Å². The largest absolute Gasteiger partial charge is 0.481 e. The molecule has 0 aromatic carbocycles. The van der Waals surface area contributed by atoms with Gasteiger partial charge in [0.1, 0.15) is 18.1 Å². The minimum absolute atomic E-state index is 0.0628. The number of carboxylic acids is 2. The third kappa shape index (κ3) is 13.3. The first kappa shape index (κ1) is 31.0. The SMILES string of the molecule is NC(=O)CCC(NC(=O)C(CCCN=C(N)N)NC(=O)C(N)CC(=O)O)C(=O)NC(CO)C(=O)O. The van der Waals surface area contributed by atoms with Gasteiger partial charge in [-0.25, -0.2) is 4.79 Å². The van der Waals surface area contributed by atoms with Gasteiger partial charge in [-0.15, -0.1) is 0 Å². The van der Waals surface area contributed by atoms with Crippen molar-refractivity contribution in [1.29, 1.82) is 0 Å². The average Bonchev–Trinajstić information content (AvgIpc) is 2.75. The summed E-state index contributed by atoms with van der Waals surface area (Å²) in [5.41, 5.74) is 21.1. The highest BCUT2D eigenvalue weighted by Gasteiger charge is 2.30. The van der Waals surface area contributed by atoms with Gasteiger partial charge in [0.25, 0.3) is 0 Å². The van der Waals surface area contributed by atoms with Crippen molar-refractivity contribution < 1.29 is 44.1 Å². The van der Waals surface area contributed by atoms with Crippen LogP contribution in [-0.4, -0.2) is 94.2 Å². The van der Waals surface area contributed by atoms with Crippen LogP contribution in [0.15, 0.2) is 4.99 Å². The summed E-state index contributed by atoms with van der Waals surface area (Å²) >= 11 is 0. The van der Waals surface area contributed by atoms with Crippen molar-refractivity contribution in [1.82, 2.24) is 16.0 Å². The van der Waals surface area contributed by atoms with E-state index in [1.807, 2.05) is 5.32 Å². The number of aliphatic carboxylic acids is 2. The molecule has 0 aliphatic heterocycles. The predicted molar refractivity (Wildman–Crippen MR) is 119 cm³/mol. The average molecular weight is 505 g/mol. The molecule has 0 aromatic heterocycles. The quantitative estimate of drug-likeness (QED) is 0.0504. The van der Waals surface area contributed by atoms with Gasteiger partial charge in [0, 0.05) is 13.0 Å². The van der Waals surface area contributed by atoms with Gasteiger partial charge in [-0.2, -0.15) is 0 Å². The molecule has 35 heavy (non-hydrogen) atoms. The van der Waals surface area contributed by atoms with E-state index < -0.39 is 72.8 Å². The van der Waals surface area contributed by atoms with Crippen molar-refractivity contribution in [2.45, 2.75) is 56.3 Å². The Kier molecular flexibility index (Phi) is 14.0. The first-order chi connectivity index (χ1) is 16.3. The second kappa shape index (κ2) is 15.8. The molecule has 0 heterocycles. The van der Waals surface area contributed by atoms with E-state index >= 15 is 0 Å². The number of aliphatic imine (C=N–C) groups is 1.